The molecule has 0 aromatic heterocycles. The van der Waals surface area contributed by atoms with Crippen molar-refractivity contribution < 1.29 is 19.4 Å². The predicted octanol–water partition coefficient (Wildman–Crippen LogP) is 2.71. The van der Waals surface area contributed by atoms with Gasteiger partial charge in [-0.05, 0) is 37.5 Å². The van der Waals surface area contributed by atoms with E-state index in [-0.39, 0.29) is 23.4 Å². The summed E-state index contributed by atoms with van der Waals surface area (Å²) in [5, 5.41) is 12.5. The van der Waals surface area contributed by atoms with E-state index in [4.69, 9.17) is 4.74 Å². The first-order valence-electron chi connectivity index (χ1n) is 7.51. The summed E-state index contributed by atoms with van der Waals surface area (Å²) in [4.78, 5) is 23.6. The highest BCUT2D eigenvalue weighted by Gasteiger charge is 2.42. The zero-order chi connectivity index (χ0) is 15.9. The number of aromatic carboxylic acids is 1. The molecule has 1 aliphatic heterocycles. The number of carbonyl (C=O) groups is 2. The van der Waals surface area contributed by atoms with Crippen LogP contribution < -0.4 is 5.32 Å². The number of ether oxygens (including phenoxy) is 1. The zero-order valence-electron chi connectivity index (χ0n) is 12.6. The van der Waals surface area contributed by atoms with Crippen LogP contribution >= 0.6 is 0 Å². The molecule has 1 heterocycles. The monoisotopic (exact) mass is 301 g/mol. The molecule has 0 unspecified atom stereocenters. The minimum absolute atomic E-state index is 0.127. The molecule has 0 spiro atoms. The van der Waals surface area contributed by atoms with Gasteiger partial charge in [0.05, 0.1) is 12.2 Å². The number of carbonyl (C=O) groups excluding carboxylic acids is 1. The number of hydrogen-bond acceptors (Lipinski definition) is 4. The highest BCUT2D eigenvalue weighted by Crippen LogP contribution is 2.46. The van der Waals surface area contributed by atoms with Crippen LogP contribution in [0.15, 0.2) is 24.3 Å². The Labute approximate surface area is 129 Å². The van der Waals surface area contributed by atoms with Gasteiger partial charge in [0.1, 0.15) is 6.04 Å². The molecule has 1 aromatic carbocycles. The van der Waals surface area contributed by atoms with Gasteiger partial charge in [-0.25, -0.2) is 9.59 Å². The van der Waals surface area contributed by atoms with Crippen LogP contribution in [-0.2, 0) is 9.53 Å². The fraction of sp³-hybridized carbons (Fsp3) is 0.412. The van der Waals surface area contributed by atoms with Crippen LogP contribution in [0.5, 0.6) is 0 Å². The first kappa shape index (κ1) is 14.6. The van der Waals surface area contributed by atoms with E-state index in [2.05, 4.69) is 17.5 Å². The van der Waals surface area contributed by atoms with Crippen molar-refractivity contribution >= 4 is 17.6 Å². The van der Waals surface area contributed by atoms with Crippen molar-refractivity contribution in [3.8, 4) is 0 Å². The van der Waals surface area contributed by atoms with Crippen LogP contribution in [0.25, 0.3) is 0 Å². The summed E-state index contributed by atoms with van der Waals surface area (Å²) in [6, 6.07) is 3.06. The first-order chi connectivity index (χ1) is 10.5. The molecule has 5 heteroatoms. The molecular weight excluding hydrogens is 282 g/mol. The second kappa shape index (κ2) is 5.48. The van der Waals surface area contributed by atoms with Gasteiger partial charge in [0.2, 0.25) is 0 Å². The van der Waals surface area contributed by atoms with Crippen molar-refractivity contribution in [3.63, 3.8) is 0 Å². The third kappa shape index (κ3) is 2.17. The second-order valence-corrected chi connectivity index (χ2v) is 5.74. The van der Waals surface area contributed by atoms with Crippen molar-refractivity contribution in [2.45, 2.75) is 32.2 Å². The van der Waals surface area contributed by atoms with E-state index < -0.39 is 12.0 Å². The standard InChI is InChI=1S/C17H19NO4/c1-3-22-17(21)15-12-6-4-5-11(12)13-8-7-10(16(19)20)9(2)14(13)18-15/h4-5,7-8,11-12,15,18H,3,6H2,1-2H3,(H,19,20)/t11-,12-,15-/m1/s1. The maximum Gasteiger partial charge on any atom is 0.336 e. The number of anilines is 1. The van der Waals surface area contributed by atoms with Gasteiger partial charge in [-0.2, -0.15) is 0 Å². The van der Waals surface area contributed by atoms with Crippen molar-refractivity contribution in [2.75, 3.05) is 11.9 Å². The fourth-order valence-corrected chi connectivity index (χ4v) is 3.51. The van der Waals surface area contributed by atoms with Crippen molar-refractivity contribution in [1.29, 1.82) is 0 Å². The molecule has 0 radical (unpaired) electrons. The minimum Gasteiger partial charge on any atom is -0.478 e. The van der Waals surface area contributed by atoms with Crippen molar-refractivity contribution in [1.82, 2.24) is 0 Å². The number of rotatable bonds is 3. The number of fused-ring (bicyclic) bond motifs is 3. The van der Waals surface area contributed by atoms with Gasteiger partial charge in [-0.3, -0.25) is 0 Å². The summed E-state index contributed by atoms with van der Waals surface area (Å²) in [6.45, 7) is 3.90. The molecule has 116 valence electrons. The Morgan fingerprint density at radius 1 is 1.41 bits per heavy atom. The molecular formula is C17H19NO4. The molecule has 0 fully saturated rings. The number of carboxylic acid groups (broad SMARTS) is 1. The number of nitrogens with one attached hydrogen (secondary N) is 1. The summed E-state index contributed by atoms with van der Waals surface area (Å²) in [7, 11) is 0. The van der Waals surface area contributed by atoms with Gasteiger partial charge in [0, 0.05) is 17.5 Å². The van der Waals surface area contributed by atoms with Crippen LogP contribution in [0.4, 0.5) is 5.69 Å². The lowest BCUT2D eigenvalue weighted by Crippen LogP contribution is -2.43. The quantitative estimate of drug-likeness (QED) is 0.663. The van der Waals surface area contributed by atoms with Gasteiger partial charge in [-0.15, -0.1) is 0 Å². The number of allylic oxidation sites excluding steroid dienone is 2. The van der Waals surface area contributed by atoms with Crippen LogP contribution in [0.2, 0.25) is 0 Å². The Morgan fingerprint density at radius 3 is 2.86 bits per heavy atom. The van der Waals surface area contributed by atoms with Gasteiger partial charge < -0.3 is 15.2 Å². The van der Waals surface area contributed by atoms with Crippen LogP contribution in [0.3, 0.4) is 0 Å². The topological polar surface area (TPSA) is 75.6 Å². The van der Waals surface area contributed by atoms with Gasteiger partial charge >= 0.3 is 11.9 Å². The Hall–Kier alpha value is -2.30. The molecule has 0 saturated carbocycles. The maximum atomic E-state index is 12.3. The average Bonchev–Trinajstić information content (AvgIpc) is 2.96. The molecule has 5 nitrogen and oxygen atoms in total. The normalized spacial score (nSPS) is 25.1. The van der Waals surface area contributed by atoms with E-state index in [9.17, 15) is 14.7 Å². The third-order valence-electron chi connectivity index (χ3n) is 4.57. The van der Waals surface area contributed by atoms with Gasteiger partial charge in [0.25, 0.3) is 0 Å². The molecule has 0 bridgehead atoms. The predicted molar refractivity (Wildman–Crippen MR) is 82.2 cm³/mol. The molecule has 3 atom stereocenters. The summed E-state index contributed by atoms with van der Waals surface area (Å²) in [6.07, 6.45) is 5.01. The van der Waals surface area contributed by atoms with Crippen LogP contribution in [-0.4, -0.2) is 29.7 Å². The average molecular weight is 301 g/mol. The zero-order valence-corrected chi connectivity index (χ0v) is 12.6. The molecule has 2 N–H and O–H groups in total. The first-order valence-corrected chi connectivity index (χ1v) is 7.51. The molecule has 1 aromatic rings. The minimum atomic E-state index is -0.959. The largest absolute Gasteiger partial charge is 0.478 e. The Balaban J connectivity index is 2.06. The maximum absolute atomic E-state index is 12.3. The highest BCUT2D eigenvalue weighted by atomic mass is 16.5. The van der Waals surface area contributed by atoms with E-state index in [0.717, 1.165) is 17.7 Å². The van der Waals surface area contributed by atoms with Crippen LogP contribution in [0.1, 0.15) is 40.7 Å². The summed E-state index contributed by atoms with van der Waals surface area (Å²) >= 11 is 0. The van der Waals surface area contributed by atoms with E-state index in [1.54, 1.807) is 19.9 Å². The summed E-state index contributed by atoms with van der Waals surface area (Å²) in [5.41, 5.74) is 2.74. The second-order valence-electron chi connectivity index (χ2n) is 5.74. The SMILES string of the molecule is CCOC(=O)[C@@H]1Nc2c(ccc(C(=O)O)c2C)[C@@H]2C=CC[C@@H]12. The lowest BCUT2D eigenvalue weighted by Gasteiger charge is -2.36. The lowest BCUT2D eigenvalue weighted by molar-refractivity contribution is -0.145. The van der Waals surface area contributed by atoms with Gasteiger partial charge in [-0.1, -0.05) is 18.2 Å². The van der Waals surface area contributed by atoms with E-state index in [0.29, 0.717) is 12.2 Å². The third-order valence-corrected chi connectivity index (χ3v) is 4.57. The Bertz CT molecular complexity index is 665. The molecule has 22 heavy (non-hydrogen) atoms. The van der Waals surface area contributed by atoms with E-state index >= 15 is 0 Å². The van der Waals surface area contributed by atoms with E-state index in [1.165, 1.54) is 0 Å². The molecule has 2 aliphatic rings. The molecule has 0 amide bonds. The Kier molecular flexibility index (Phi) is 3.64. The Morgan fingerprint density at radius 2 is 2.18 bits per heavy atom. The number of benzene rings is 1. The fourth-order valence-electron chi connectivity index (χ4n) is 3.51. The van der Waals surface area contributed by atoms with Gasteiger partial charge in [0.15, 0.2) is 0 Å². The number of hydrogen-bond donors (Lipinski definition) is 2. The summed E-state index contributed by atoms with van der Waals surface area (Å²) in [5.74, 6) is -0.973. The molecule has 1 aliphatic carbocycles. The number of carboxylic acids is 1. The van der Waals surface area contributed by atoms with E-state index in [1.807, 2.05) is 6.07 Å². The van der Waals surface area contributed by atoms with Crippen molar-refractivity contribution in [3.05, 3.63) is 41.0 Å². The summed E-state index contributed by atoms with van der Waals surface area (Å²) < 4.78 is 5.18. The molecule has 0 saturated heterocycles. The van der Waals surface area contributed by atoms with Crippen LogP contribution in [0, 0.1) is 12.8 Å². The van der Waals surface area contributed by atoms with Crippen molar-refractivity contribution in [2.24, 2.45) is 5.92 Å². The highest BCUT2D eigenvalue weighted by molar-refractivity contribution is 5.93. The molecule has 3 rings (SSSR count). The number of esters is 1. The lowest BCUT2D eigenvalue weighted by atomic mass is 9.78. The smallest absolute Gasteiger partial charge is 0.336 e.